The molecule has 0 aliphatic rings. The van der Waals surface area contributed by atoms with Gasteiger partial charge < -0.3 is 15.5 Å². The van der Waals surface area contributed by atoms with E-state index in [0.29, 0.717) is 17.0 Å². The molecule has 3 N–H and O–H groups in total. The Hall–Kier alpha value is -2.62. The van der Waals surface area contributed by atoms with Gasteiger partial charge in [-0.3, -0.25) is 0 Å². The summed E-state index contributed by atoms with van der Waals surface area (Å²) in [5.74, 6) is 0.682. The van der Waals surface area contributed by atoms with Crippen LogP contribution in [-0.4, -0.2) is 16.2 Å². The molecule has 1 aromatic carbocycles. The van der Waals surface area contributed by atoms with Crippen molar-refractivity contribution in [2.24, 2.45) is 10.7 Å². The summed E-state index contributed by atoms with van der Waals surface area (Å²) in [6.07, 6.45) is -4.54. The second-order valence-corrected chi connectivity index (χ2v) is 5.58. The number of rotatable bonds is 2. The first kappa shape index (κ1) is 15.3. The molecule has 6 nitrogen and oxygen atoms in total. The van der Waals surface area contributed by atoms with Crippen LogP contribution in [0.5, 0.6) is 0 Å². The van der Waals surface area contributed by atoms with Crippen molar-refractivity contribution in [2.45, 2.75) is 13.1 Å². The fraction of sp³-hybridized carbons (Fsp3) is 0.154. The largest absolute Gasteiger partial charge is 0.461 e. The maximum absolute atomic E-state index is 12.4. The Balaban J connectivity index is 1.79. The minimum absolute atomic E-state index is 0.0885. The summed E-state index contributed by atoms with van der Waals surface area (Å²) in [6, 6.07) is 7.11. The van der Waals surface area contributed by atoms with Crippen molar-refractivity contribution in [2.75, 3.05) is 5.32 Å². The molecule has 0 aliphatic heterocycles. The zero-order valence-corrected chi connectivity index (χ0v) is 12.5. The van der Waals surface area contributed by atoms with Gasteiger partial charge in [0.25, 0.3) is 0 Å². The van der Waals surface area contributed by atoms with Crippen LogP contribution in [0.2, 0.25) is 0 Å². The first-order valence-electron chi connectivity index (χ1n) is 6.33. The van der Waals surface area contributed by atoms with Crippen LogP contribution in [0.25, 0.3) is 11.0 Å². The van der Waals surface area contributed by atoms with E-state index in [4.69, 9.17) is 10.2 Å². The fourth-order valence-electron chi connectivity index (χ4n) is 1.91. The second-order valence-electron chi connectivity index (χ2n) is 4.62. The number of anilines is 1. The number of nitrogens with zero attached hydrogens (tertiary/aromatic N) is 3. The minimum atomic E-state index is -4.54. The summed E-state index contributed by atoms with van der Waals surface area (Å²) < 4.78 is 42.8. The highest BCUT2D eigenvalue weighted by Gasteiger charge is 2.35. The lowest BCUT2D eigenvalue weighted by molar-refractivity contribution is -0.138. The van der Waals surface area contributed by atoms with E-state index < -0.39 is 11.2 Å². The molecule has 10 heteroatoms. The molecule has 0 saturated heterocycles. The van der Waals surface area contributed by atoms with E-state index in [1.807, 2.05) is 13.0 Å². The number of furan rings is 1. The lowest BCUT2D eigenvalue weighted by atomic mass is 10.2. The normalized spacial score (nSPS) is 12.8. The molecule has 2 heterocycles. The highest BCUT2D eigenvalue weighted by Crippen LogP contribution is 2.34. The van der Waals surface area contributed by atoms with Gasteiger partial charge in [-0.2, -0.15) is 18.2 Å². The molecule has 0 atom stereocenters. The predicted octanol–water partition coefficient (Wildman–Crippen LogP) is 3.67. The summed E-state index contributed by atoms with van der Waals surface area (Å²) >= 11 is 0.315. The van der Waals surface area contributed by atoms with Gasteiger partial charge in [0, 0.05) is 11.1 Å². The van der Waals surface area contributed by atoms with Crippen molar-refractivity contribution in [1.29, 1.82) is 0 Å². The summed E-state index contributed by atoms with van der Waals surface area (Å²) in [6.45, 7) is 1.83. The van der Waals surface area contributed by atoms with Crippen molar-refractivity contribution in [3.8, 4) is 0 Å². The molecule has 23 heavy (non-hydrogen) atoms. The van der Waals surface area contributed by atoms with Gasteiger partial charge in [-0.05, 0) is 31.2 Å². The third-order valence-electron chi connectivity index (χ3n) is 2.78. The quantitative estimate of drug-likeness (QED) is 0.548. The Kier molecular flexibility index (Phi) is 3.68. The number of aryl methyl sites for hydroxylation is 1. The van der Waals surface area contributed by atoms with Crippen LogP contribution in [-0.2, 0) is 6.18 Å². The van der Waals surface area contributed by atoms with Gasteiger partial charge in [-0.1, -0.05) is 11.3 Å². The fourth-order valence-corrected chi connectivity index (χ4v) is 2.50. The Morgan fingerprint density at radius 2 is 2.09 bits per heavy atom. The molecule has 0 spiro atoms. The number of hydrogen-bond donors (Lipinski definition) is 2. The van der Waals surface area contributed by atoms with Gasteiger partial charge in [0.15, 0.2) is 0 Å². The van der Waals surface area contributed by atoms with E-state index in [9.17, 15) is 13.2 Å². The zero-order chi connectivity index (χ0) is 16.6. The molecule has 0 aliphatic carbocycles. The average Bonchev–Trinajstić information content (AvgIpc) is 3.03. The van der Waals surface area contributed by atoms with E-state index in [0.717, 1.165) is 16.7 Å². The zero-order valence-electron chi connectivity index (χ0n) is 11.7. The van der Waals surface area contributed by atoms with Gasteiger partial charge in [-0.15, -0.1) is 10.2 Å². The monoisotopic (exact) mass is 341 g/mol. The molecular weight excluding hydrogens is 331 g/mol. The number of nitrogens with one attached hydrogen (secondary N) is 1. The van der Waals surface area contributed by atoms with Crippen LogP contribution in [0.4, 0.5) is 24.0 Å². The number of nitrogens with two attached hydrogens (primary N) is 1. The number of benzene rings is 1. The summed E-state index contributed by atoms with van der Waals surface area (Å²) in [5.41, 5.74) is 7.03. The van der Waals surface area contributed by atoms with Gasteiger partial charge >= 0.3 is 6.18 Å². The highest BCUT2D eigenvalue weighted by atomic mass is 32.1. The Labute approximate surface area is 131 Å². The van der Waals surface area contributed by atoms with Gasteiger partial charge in [0.1, 0.15) is 11.3 Å². The number of halogens is 3. The maximum atomic E-state index is 12.4. The highest BCUT2D eigenvalue weighted by molar-refractivity contribution is 7.15. The maximum Gasteiger partial charge on any atom is 0.445 e. The standard InChI is InChI=1S/C13H10F3N5OS/c1-6-4-7-5-8(2-3-9(7)22-6)18-11(17)19-12-21-20-10(23-12)13(14,15)16/h2-5H,1H3,(H3,17,18,19,21). The van der Waals surface area contributed by atoms with Crippen LogP contribution < -0.4 is 11.1 Å². The van der Waals surface area contributed by atoms with E-state index in [1.54, 1.807) is 18.2 Å². The predicted molar refractivity (Wildman–Crippen MR) is 80.8 cm³/mol. The van der Waals surface area contributed by atoms with Crippen molar-refractivity contribution < 1.29 is 17.6 Å². The summed E-state index contributed by atoms with van der Waals surface area (Å²) in [5, 5.41) is 8.78. The third kappa shape index (κ3) is 3.42. The molecule has 120 valence electrons. The molecule has 3 aromatic rings. The van der Waals surface area contributed by atoms with Crippen LogP contribution in [0, 0.1) is 6.92 Å². The van der Waals surface area contributed by atoms with Gasteiger partial charge in [-0.25, -0.2) is 0 Å². The van der Waals surface area contributed by atoms with Crippen molar-refractivity contribution in [3.63, 3.8) is 0 Å². The van der Waals surface area contributed by atoms with Gasteiger partial charge in [0.2, 0.25) is 16.1 Å². The number of aliphatic imine (C=N–C) groups is 1. The molecular formula is C13H10F3N5OS. The lowest BCUT2D eigenvalue weighted by Gasteiger charge is -2.04. The topological polar surface area (TPSA) is 89.3 Å². The number of hydrogen-bond acceptors (Lipinski definition) is 5. The molecule has 0 saturated carbocycles. The second kappa shape index (κ2) is 5.54. The molecule has 2 aromatic heterocycles. The smallest absolute Gasteiger partial charge is 0.445 e. The summed E-state index contributed by atoms with van der Waals surface area (Å²) in [7, 11) is 0. The Bertz CT molecular complexity index is 883. The van der Waals surface area contributed by atoms with Crippen molar-refractivity contribution >= 4 is 39.1 Å². The Morgan fingerprint density at radius 3 is 2.78 bits per heavy atom. The third-order valence-corrected chi connectivity index (χ3v) is 3.65. The molecule has 0 radical (unpaired) electrons. The molecule has 0 amide bonds. The SMILES string of the molecule is Cc1cc2cc(NC(N)=Nc3nnc(C(F)(F)F)s3)ccc2o1. The average molecular weight is 341 g/mol. The summed E-state index contributed by atoms with van der Waals surface area (Å²) in [4.78, 5) is 3.78. The van der Waals surface area contributed by atoms with E-state index in [-0.39, 0.29) is 11.1 Å². The van der Waals surface area contributed by atoms with Gasteiger partial charge in [0.05, 0.1) is 0 Å². The van der Waals surface area contributed by atoms with E-state index in [1.165, 1.54) is 0 Å². The van der Waals surface area contributed by atoms with E-state index >= 15 is 0 Å². The minimum Gasteiger partial charge on any atom is -0.461 e. The molecule has 0 bridgehead atoms. The van der Waals surface area contributed by atoms with Crippen LogP contribution in [0.15, 0.2) is 33.7 Å². The van der Waals surface area contributed by atoms with Crippen LogP contribution in [0.3, 0.4) is 0 Å². The lowest BCUT2D eigenvalue weighted by Crippen LogP contribution is -2.21. The van der Waals surface area contributed by atoms with Crippen molar-refractivity contribution in [3.05, 3.63) is 35.0 Å². The first-order chi connectivity index (χ1) is 10.8. The number of alkyl halides is 3. The first-order valence-corrected chi connectivity index (χ1v) is 7.15. The van der Waals surface area contributed by atoms with Crippen LogP contribution >= 0.6 is 11.3 Å². The molecule has 3 rings (SSSR count). The number of fused-ring (bicyclic) bond motifs is 1. The number of aromatic nitrogens is 2. The van der Waals surface area contributed by atoms with E-state index in [2.05, 4.69) is 20.5 Å². The van der Waals surface area contributed by atoms with Crippen molar-refractivity contribution in [1.82, 2.24) is 10.2 Å². The molecule has 0 fully saturated rings. The van der Waals surface area contributed by atoms with Crippen LogP contribution in [0.1, 0.15) is 10.8 Å². The molecule has 0 unspecified atom stereocenters. The Morgan fingerprint density at radius 1 is 1.30 bits per heavy atom. The number of guanidine groups is 1.